The third-order valence-corrected chi connectivity index (χ3v) is 4.08. The standard InChI is InChI=1S/C24H22O9/c25-20(26)11-12-21(27)32-15-13-31-14-16-33-24(30)19-8-4-7-18(22(19)23(28)29)10-9-17-5-2-1-3-6-17/h1-12H,13-16H2,(H,25,26)(H,28,29)/b10-9?,12-11-. The Morgan fingerprint density at radius 1 is 0.758 bits per heavy atom. The molecule has 0 aliphatic heterocycles. The Kier molecular flexibility index (Phi) is 10.0. The van der Waals surface area contributed by atoms with E-state index in [2.05, 4.69) is 0 Å². The minimum Gasteiger partial charge on any atom is -0.478 e. The van der Waals surface area contributed by atoms with Crippen LogP contribution in [0.5, 0.6) is 0 Å². The first-order valence-electron chi connectivity index (χ1n) is 9.80. The van der Waals surface area contributed by atoms with Crippen LogP contribution in [-0.2, 0) is 23.8 Å². The first-order valence-corrected chi connectivity index (χ1v) is 9.80. The van der Waals surface area contributed by atoms with Crippen molar-refractivity contribution in [1.29, 1.82) is 0 Å². The zero-order valence-electron chi connectivity index (χ0n) is 17.5. The van der Waals surface area contributed by atoms with Gasteiger partial charge in [-0.15, -0.1) is 0 Å². The summed E-state index contributed by atoms with van der Waals surface area (Å²) in [5.74, 6) is -4.16. The number of ether oxygens (including phenoxy) is 3. The summed E-state index contributed by atoms with van der Waals surface area (Å²) >= 11 is 0. The summed E-state index contributed by atoms with van der Waals surface area (Å²) < 4.78 is 15.0. The van der Waals surface area contributed by atoms with Gasteiger partial charge in [0.15, 0.2) is 0 Å². The van der Waals surface area contributed by atoms with Gasteiger partial charge in [0, 0.05) is 12.2 Å². The van der Waals surface area contributed by atoms with E-state index in [0.29, 0.717) is 11.6 Å². The highest BCUT2D eigenvalue weighted by Crippen LogP contribution is 2.19. The molecule has 2 N–H and O–H groups in total. The average molecular weight is 454 g/mol. The molecule has 0 radical (unpaired) electrons. The van der Waals surface area contributed by atoms with Crippen molar-refractivity contribution >= 4 is 36.0 Å². The van der Waals surface area contributed by atoms with Crippen LogP contribution in [0, 0.1) is 0 Å². The minimum absolute atomic E-state index is 0.00431. The Balaban J connectivity index is 1.87. The summed E-state index contributed by atoms with van der Waals surface area (Å²) in [6.45, 7) is -0.265. The van der Waals surface area contributed by atoms with Crippen molar-refractivity contribution in [1.82, 2.24) is 0 Å². The molecule has 0 amide bonds. The number of esters is 2. The molecule has 0 bridgehead atoms. The quantitative estimate of drug-likeness (QED) is 0.215. The van der Waals surface area contributed by atoms with Crippen LogP contribution in [0.1, 0.15) is 31.8 Å². The predicted molar refractivity (Wildman–Crippen MR) is 118 cm³/mol. The van der Waals surface area contributed by atoms with Crippen LogP contribution in [0.3, 0.4) is 0 Å². The number of carbonyl (C=O) groups excluding carboxylic acids is 2. The molecule has 0 atom stereocenters. The molecule has 2 aromatic rings. The third kappa shape index (κ3) is 8.80. The number of rotatable bonds is 12. The van der Waals surface area contributed by atoms with Gasteiger partial charge < -0.3 is 24.4 Å². The normalized spacial score (nSPS) is 10.9. The molecular weight excluding hydrogens is 432 g/mol. The number of carboxylic acid groups (broad SMARTS) is 2. The van der Waals surface area contributed by atoms with E-state index < -0.39 is 23.9 Å². The lowest BCUT2D eigenvalue weighted by molar-refractivity contribution is -0.140. The fourth-order valence-corrected chi connectivity index (χ4v) is 2.63. The lowest BCUT2D eigenvalue weighted by Crippen LogP contribution is -2.17. The van der Waals surface area contributed by atoms with E-state index in [-0.39, 0.29) is 37.6 Å². The summed E-state index contributed by atoms with van der Waals surface area (Å²) in [5, 5.41) is 18.0. The van der Waals surface area contributed by atoms with Crippen molar-refractivity contribution in [3.8, 4) is 0 Å². The van der Waals surface area contributed by atoms with Crippen LogP contribution in [0.25, 0.3) is 12.2 Å². The molecule has 2 aromatic carbocycles. The number of carboxylic acids is 2. The fourth-order valence-electron chi connectivity index (χ4n) is 2.63. The zero-order chi connectivity index (χ0) is 24.1. The minimum atomic E-state index is -1.27. The summed E-state index contributed by atoms with van der Waals surface area (Å²) in [6, 6.07) is 13.8. The molecule has 2 rings (SSSR count). The number of benzene rings is 2. The van der Waals surface area contributed by atoms with E-state index in [1.807, 2.05) is 30.3 Å². The van der Waals surface area contributed by atoms with Gasteiger partial charge in [-0.05, 0) is 17.2 Å². The maximum absolute atomic E-state index is 12.4. The maximum atomic E-state index is 12.4. The zero-order valence-corrected chi connectivity index (χ0v) is 17.5. The molecule has 0 spiro atoms. The number of hydrogen-bond donors (Lipinski definition) is 2. The Bertz CT molecular complexity index is 1040. The van der Waals surface area contributed by atoms with Gasteiger partial charge in [0.1, 0.15) is 13.2 Å². The molecular formula is C24H22O9. The van der Waals surface area contributed by atoms with Crippen LogP contribution in [-0.4, -0.2) is 60.5 Å². The largest absolute Gasteiger partial charge is 0.478 e. The lowest BCUT2D eigenvalue weighted by atomic mass is 10.00. The smallest absolute Gasteiger partial charge is 0.339 e. The van der Waals surface area contributed by atoms with E-state index >= 15 is 0 Å². The Morgan fingerprint density at radius 2 is 1.45 bits per heavy atom. The first-order chi connectivity index (χ1) is 15.9. The Hall–Kier alpha value is -4.24. The molecule has 0 saturated heterocycles. The van der Waals surface area contributed by atoms with Gasteiger partial charge in [-0.25, -0.2) is 19.2 Å². The van der Waals surface area contributed by atoms with Gasteiger partial charge >= 0.3 is 23.9 Å². The topological polar surface area (TPSA) is 136 Å². The summed E-state index contributed by atoms with van der Waals surface area (Å²) in [4.78, 5) is 45.7. The van der Waals surface area contributed by atoms with Crippen molar-refractivity contribution in [2.45, 2.75) is 0 Å². The summed E-state index contributed by atoms with van der Waals surface area (Å²) in [7, 11) is 0. The molecule has 0 aromatic heterocycles. The van der Waals surface area contributed by atoms with Crippen LogP contribution in [0.4, 0.5) is 0 Å². The third-order valence-electron chi connectivity index (χ3n) is 4.08. The van der Waals surface area contributed by atoms with Gasteiger partial charge in [0.25, 0.3) is 0 Å². The molecule has 0 saturated carbocycles. The SMILES string of the molecule is O=C(O)/C=C\C(=O)OCCOCCOC(=O)c1cccc(C=Cc2ccccc2)c1C(=O)O. The molecule has 0 heterocycles. The summed E-state index contributed by atoms with van der Waals surface area (Å²) in [6.07, 6.45) is 4.79. The molecule has 0 aliphatic rings. The molecule has 9 heteroatoms. The van der Waals surface area contributed by atoms with Crippen LogP contribution in [0.2, 0.25) is 0 Å². The molecule has 9 nitrogen and oxygen atoms in total. The molecule has 0 aliphatic carbocycles. The van der Waals surface area contributed by atoms with Crippen molar-refractivity contribution in [3.63, 3.8) is 0 Å². The van der Waals surface area contributed by atoms with E-state index in [9.17, 15) is 24.3 Å². The first kappa shape index (κ1) is 25.0. The van der Waals surface area contributed by atoms with Gasteiger partial charge in [0.2, 0.25) is 0 Å². The van der Waals surface area contributed by atoms with E-state index in [1.54, 1.807) is 24.3 Å². The second kappa shape index (κ2) is 13.2. The number of carbonyl (C=O) groups is 4. The average Bonchev–Trinajstić information content (AvgIpc) is 2.80. The van der Waals surface area contributed by atoms with Crippen molar-refractivity contribution in [2.75, 3.05) is 26.4 Å². The second-order valence-electron chi connectivity index (χ2n) is 6.41. The number of aromatic carboxylic acids is 1. The number of aliphatic carboxylic acids is 1. The van der Waals surface area contributed by atoms with E-state index in [4.69, 9.17) is 19.3 Å². The Labute approximate surface area is 189 Å². The lowest BCUT2D eigenvalue weighted by Gasteiger charge is -2.10. The van der Waals surface area contributed by atoms with Crippen LogP contribution < -0.4 is 0 Å². The molecule has 33 heavy (non-hydrogen) atoms. The van der Waals surface area contributed by atoms with Crippen LogP contribution >= 0.6 is 0 Å². The Morgan fingerprint density at radius 3 is 2.12 bits per heavy atom. The summed E-state index contributed by atoms with van der Waals surface area (Å²) in [5.41, 5.74) is 0.979. The van der Waals surface area contributed by atoms with Gasteiger partial charge in [-0.3, -0.25) is 0 Å². The molecule has 0 unspecified atom stereocenters. The molecule has 172 valence electrons. The van der Waals surface area contributed by atoms with E-state index in [1.165, 1.54) is 6.07 Å². The monoisotopic (exact) mass is 454 g/mol. The van der Waals surface area contributed by atoms with Crippen molar-refractivity contribution in [3.05, 3.63) is 82.9 Å². The van der Waals surface area contributed by atoms with Gasteiger partial charge in [-0.1, -0.05) is 54.6 Å². The number of hydrogen-bond acceptors (Lipinski definition) is 7. The molecule has 0 fully saturated rings. The van der Waals surface area contributed by atoms with Crippen molar-refractivity contribution in [2.24, 2.45) is 0 Å². The highest BCUT2D eigenvalue weighted by molar-refractivity contribution is 6.05. The fraction of sp³-hybridized carbons (Fsp3) is 0.167. The van der Waals surface area contributed by atoms with Crippen molar-refractivity contribution < 1.29 is 43.6 Å². The van der Waals surface area contributed by atoms with Crippen LogP contribution in [0.15, 0.2) is 60.7 Å². The van der Waals surface area contributed by atoms with Gasteiger partial charge in [0.05, 0.1) is 24.3 Å². The van der Waals surface area contributed by atoms with Gasteiger partial charge in [-0.2, -0.15) is 0 Å². The highest BCUT2D eigenvalue weighted by Gasteiger charge is 2.20. The highest BCUT2D eigenvalue weighted by atomic mass is 16.6. The van der Waals surface area contributed by atoms with E-state index in [0.717, 1.165) is 11.6 Å². The second-order valence-corrected chi connectivity index (χ2v) is 6.41. The maximum Gasteiger partial charge on any atom is 0.339 e. The predicted octanol–water partition coefficient (Wildman–Crippen LogP) is 2.91.